The summed E-state index contributed by atoms with van der Waals surface area (Å²) in [5.74, 6) is 0.825. The quantitative estimate of drug-likeness (QED) is 0.531. The van der Waals surface area contributed by atoms with Crippen LogP contribution in [0, 0.1) is 0 Å². The molecule has 0 saturated carbocycles. The lowest BCUT2D eigenvalue weighted by atomic mass is 9.86. The molecule has 0 bridgehead atoms. The second-order valence-electron chi connectivity index (χ2n) is 7.51. The van der Waals surface area contributed by atoms with Crippen LogP contribution in [0.5, 0.6) is 5.75 Å². The molecule has 0 aliphatic carbocycles. The molecule has 0 saturated heterocycles. The molecular weight excluding hydrogens is 342 g/mol. The first-order valence-corrected chi connectivity index (χ1v) is 9.93. The van der Waals surface area contributed by atoms with Crippen LogP contribution in [0.4, 0.5) is 0 Å². The highest BCUT2D eigenvalue weighted by atomic mass is 32.2. The van der Waals surface area contributed by atoms with E-state index in [0.29, 0.717) is 18.4 Å². The van der Waals surface area contributed by atoms with Crippen molar-refractivity contribution in [2.45, 2.75) is 50.2 Å². The third kappa shape index (κ3) is 5.80. The molecule has 1 amide bonds. The zero-order valence-corrected chi connectivity index (χ0v) is 17.2. The van der Waals surface area contributed by atoms with Crippen molar-refractivity contribution in [3.05, 3.63) is 59.7 Å². The van der Waals surface area contributed by atoms with E-state index in [4.69, 9.17) is 4.74 Å². The van der Waals surface area contributed by atoms with Crippen molar-refractivity contribution in [2.75, 3.05) is 13.2 Å². The SMILES string of the molecule is CC(C)Sc1ccccc1C(=O)NCCOc1ccccc1C(C)(C)C. The van der Waals surface area contributed by atoms with Crippen LogP contribution in [0.15, 0.2) is 53.4 Å². The Kier molecular flexibility index (Phi) is 7.15. The highest BCUT2D eigenvalue weighted by Gasteiger charge is 2.18. The Morgan fingerprint density at radius 1 is 1.08 bits per heavy atom. The van der Waals surface area contributed by atoms with E-state index < -0.39 is 0 Å². The maximum absolute atomic E-state index is 12.5. The second kappa shape index (κ2) is 9.13. The van der Waals surface area contributed by atoms with Gasteiger partial charge in [-0.25, -0.2) is 0 Å². The summed E-state index contributed by atoms with van der Waals surface area (Å²) < 4.78 is 5.92. The first-order chi connectivity index (χ1) is 12.3. The number of ether oxygens (including phenoxy) is 1. The fraction of sp³-hybridized carbons (Fsp3) is 0.409. The summed E-state index contributed by atoms with van der Waals surface area (Å²) in [5.41, 5.74) is 1.92. The van der Waals surface area contributed by atoms with Crippen molar-refractivity contribution >= 4 is 17.7 Å². The first kappa shape index (κ1) is 20.4. The molecule has 140 valence electrons. The summed E-state index contributed by atoms with van der Waals surface area (Å²) in [6.07, 6.45) is 0. The predicted molar refractivity (Wildman–Crippen MR) is 110 cm³/mol. The molecule has 1 N–H and O–H groups in total. The lowest BCUT2D eigenvalue weighted by molar-refractivity contribution is 0.0944. The molecule has 0 aliphatic rings. The monoisotopic (exact) mass is 371 g/mol. The average molecular weight is 372 g/mol. The van der Waals surface area contributed by atoms with Gasteiger partial charge in [0.05, 0.1) is 12.1 Å². The molecule has 2 aromatic carbocycles. The van der Waals surface area contributed by atoms with Crippen LogP contribution in [-0.2, 0) is 5.41 Å². The number of thioether (sulfide) groups is 1. The standard InChI is InChI=1S/C22H29NO2S/c1-16(2)26-20-13-9-6-10-17(20)21(24)23-14-15-25-19-12-8-7-11-18(19)22(3,4)5/h6-13,16H,14-15H2,1-5H3,(H,23,24). The third-order valence-corrected chi connectivity index (χ3v) is 4.92. The van der Waals surface area contributed by atoms with Gasteiger partial charge in [0, 0.05) is 10.1 Å². The summed E-state index contributed by atoms with van der Waals surface area (Å²) >= 11 is 1.70. The topological polar surface area (TPSA) is 38.3 Å². The molecule has 0 fully saturated rings. The number of para-hydroxylation sites is 1. The lowest BCUT2D eigenvalue weighted by Gasteiger charge is -2.22. The van der Waals surface area contributed by atoms with E-state index in [0.717, 1.165) is 16.2 Å². The molecule has 2 rings (SSSR count). The molecule has 0 aromatic heterocycles. The Morgan fingerprint density at radius 2 is 1.73 bits per heavy atom. The maximum Gasteiger partial charge on any atom is 0.252 e. The van der Waals surface area contributed by atoms with Crippen molar-refractivity contribution < 1.29 is 9.53 Å². The Hall–Kier alpha value is -1.94. The van der Waals surface area contributed by atoms with Crippen LogP contribution in [-0.4, -0.2) is 24.3 Å². The first-order valence-electron chi connectivity index (χ1n) is 9.05. The minimum absolute atomic E-state index is 0.0207. The number of hydrogen-bond acceptors (Lipinski definition) is 3. The minimum atomic E-state index is -0.0542. The van der Waals surface area contributed by atoms with Crippen molar-refractivity contribution in [3.63, 3.8) is 0 Å². The van der Waals surface area contributed by atoms with Crippen LogP contribution in [0.1, 0.15) is 50.5 Å². The van der Waals surface area contributed by atoms with Crippen LogP contribution >= 0.6 is 11.8 Å². The summed E-state index contributed by atoms with van der Waals surface area (Å²) in [7, 11) is 0. The van der Waals surface area contributed by atoms with Gasteiger partial charge in [-0.1, -0.05) is 65.0 Å². The Labute approximate surface area is 161 Å². The third-order valence-electron chi connectivity index (χ3n) is 3.83. The van der Waals surface area contributed by atoms with E-state index in [1.54, 1.807) is 11.8 Å². The van der Waals surface area contributed by atoms with Crippen molar-refractivity contribution in [1.29, 1.82) is 0 Å². The molecule has 4 heteroatoms. The Balaban J connectivity index is 1.93. The lowest BCUT2D eigenvalue weighted by Crippen LogP contribution is -2.29. The Morgan fingerprint density at radius 3 is 2.42 bits per heavy atom. The number of rotatable bonds is 7. The molecule has 0 atom stereocenters. The van der Waals surface area contributed by atoms with Gasteiger partial charge in [-0.05, 0) is 29.2 Å². The number of carbonyl (C=O) groups is 1. The predicted octanol–water partition coefficient (Wildman–Crippen LogP) is 5.29. The second-order valence-corrected chi connectivity index (χ2v) is 9.13. The molecular formula is C22H29NO2S. The number of amides is 1. The number of hydrogen-bond donors (Lipinski definition) is 1. The van der Waals surface area contributed by atoms with Gasteiger partial charge in [-0.2, -0.15) is 0 Å². The van der Waals surface area contributed by atoms with Crippen LogP contribution in [0.3, 0.4) is 0 Å². The van der Waals surface area contributed by atoms with Crippen LogP contribution < -0.4 is 10.1 Å². The number of carbonyl (C=O) groups excluding carboxylic acids is 1. The van der Waals surface area contributed by atoms with Crippen LogP contribution in [0.2, 0.25) is 0 Å². The van der Waals surface area contributed by atoms with Gasteiger partial charge >= 0.3 is 0 Å². The molecule has 0 spiro atoms. The number of nitrogens with one attached hydrogen (secondary N) is 1. The van der Waals surface area contributed by atoms with E-state index in [1.807, 2.05) is 42.5 Å². The van der Waals surface area contributed by atoms with Gasteiger partial charge in [-0.3, -0.25) is 4.79 Å². The molecule has 0 unspecified atom stereocenters. The van der Waals surface area contributed by atoms with Gasteiger partial charge in [0.25, 0.3) is 5.91 Å². The van der Waals surface area contributed by atoms with Gasteiger partial charge in [-0.15, -0.1) is 11.8 Å². The smallest absolute Gasteiger partial charge is 0.252 e. The fourth-order valence-corrected chi connectivity index (χ4v) is 3.60. The summed E-state index contributed by atoms with van der Waals surface area (Å²) in [4.78, 5) is 13.5. The molecule has 3 nitrogen and oxygen atoms in total. The maximum atomic E-state index is 12.5. The highest BCUT2D eigenvalue weighted by Crippen LogP contribution is 2.31. The van der Waals surface area contributed by atoms with Gasteiger partial charge in [0.1, 0.15) is 12.4 Å². The summed E-state index contributed by atoms with van der Waals surface area (Å²) in [6, 6.07) is 15.8. The van der Waals surface area contributed by atoms with E-state index in [1.165, 1.54) is 5.56 Å². The molecule has 26 heavy (non-hydrogen) atoms. The van der Waals surface area contributed by atoms with Crippen molar-refractivity contribution in [1.82, 2.24) is 5.32 Å². The molecule has 2 aromatic rings. The van der Waals surface area contributed by atoms with E-state index in [-0.39, 0.29) is 11.3 Å². The zero-order valence-electron chi connectivity index (χ0n) is 16.3. The van der Waals surface area contributed by atoms with Gasteiger partial charge in [0.2, 0.25) is 0 Å². The van der Waals surface area contributed by atoms with Crippen molar-refractivity contribution in [2.24, 2.45) is 0 Å². The van der Waals surface area contributed by atoms with Crippen LogP contribution in [0.25, 0.3) is 0 Å². The largest absolute Gasteiger partial charge is 0.491 e. The van der Waals surface area contributed by atoms with E-state index >= 15 is 0 Å². The highest BCUT2D eigenvalue weighted by molar-refractivity contribution is 8.00. The zero-order chi connectivity index (χ0) is 19.2. The summed E-state index contributed by atoms with van der Waals surface area (Å²) in [6.45, 7) is 11.7. The van der Waals surface area contributed by atoms with E-state index in [9.17, 15) is 4.79 Å². The normalized spacial score (nSPS) is 11.5. The average Bonchev–Trinajstić information content (AvgIpc) is 2.58. The van der Waals surface area contributed by atoms with E-state index in [2.05, 4.69) is 46.0 Å². The minimum Gasteiger partial charge on any atom is -0.491 e. The fourth-order valence-electron chi connectivity index (χ4n) is 2.64. The molecule has 0 radical (unpaired) electrons. The molecule has 0 heterocycles. The van der Waals surface area contributed by atoms with Gasteiger partial charge in [0.15, 0.2) is 0 Å². The van der Waals surface area contributed by atoms with Gasteiger partial charge < -0.3 is 10.1 Å². The number of benzene rings is 2. The molecule has 0 aliphatic heterocycles. The Bertz CT molecular complexity index is 735. The van der Waals surface area contributed by atoms with Crippen molar-refractivity contribution in [3.8, 4) is 5.75 Å². The summed E-state index contributed by atoms with van der Waals surface area (Å²) in [5, 5.41) is 3.40.